The van der Waals surface area contributed by atoms with Crippen molar-refractivity contribution in [3.05, 3.63) is 40.5 Å². The Balaban J connectivity index is 1.72. The Morgan fingerprint density at radius 1 is 1.22 bits per heavy atom. The van der Waals surface area contributed by atoms with Crippen LogP contribution in [0.2, 0.25) is 0 Å². The molecule has 1 atom stereocenters. The maximum absolute atomic E-state index is 12.0. The number of nitrogens with zero attached hydrogens (tertiary/aromatic N) is 5. The van der Waals surface area contributed by atoms with Crippen molar-refractivity contribution in [2.75, 3.05) is 13.1 Å². The molecule has 13 nitrogen and oxygen atoms in total. The molecule has 0 radical (unpaired) electrons. The number of carboxylic acids is 1. The van der Waals surface area contributed by atoms with E-state index in [1.165, 1.54) is 19.3 Å². The van der Waals surface area contributed by atoms with Gasteiger partial charge in [-0.1, -0.05) is 0 Å². The maximum Gasteiger partial charge on any atom is 0.328 e. The second-order valence-electron chi connectivity index (χ2n) is 5.48. The Hall–Kier alpha value is -3.77. The van der Waals surface area contributed by atoms with Crippen molar-refractivity contribution in [3.63, 3.8) is 0 Å². The molecule has 2 heterocycles. The molecule has 0 saturated carbocycles. The molecule has 0 aliphatic rings. The second kappa shape index (κ2) is 8.55. The summed E-state index contributed by atoms with van der Waals surface area (Å²) >= 11 is 0. The van der Waals surface area contributed by atoms with E-state index in [1.54, 1.807) is 0 Å². The van der Waals surface area contributed by atoms with Crippen molar-refractivity contribution in [1.29, 1.82) is 0 Å². The zero-order chi connectivity index (χ0) is 20.0. The number of rotatable bonds is 9. The molecule has 144 valence electrons. The van der Waals surface area contributed by atoms with E-state index in [0.29, 0.717) is 0 Å². The summed E-state index contributed by atoms with van der Waals surface area (Å²) in [7, 11) is 0. The van der Waals surface area contributed by atoms with E-state index in [0.717, 1.165) is 21.8 Å². The van der Waals surface area contributed by atoms with Gasteiger partial charge in [-0.05, 0) is 6.92 Å². The molecule has 2 rings (SSSR count). The van der Waals surface area contributed by atoms with Crippen molar-refractivity contribution >= 4 is 23.5 Å². The SMILES string of the molecule is CC(C(=O)O)n1cc(C(=O)NCCNC(=O)Cn2cc([N+](=O)[O-])cn2)cn1. The molecule has 2 aromatic heterocycles. The van der Waals surface area contributed by atoms with Crippen LogP contribution in [-0.2, 0) is 16.1 Å². The molecule has 2 aromatic rings. The molecule has 0 aliphatic carbocycles. The number of carbonyl (C=O) groups excluding carboxylic acids is 2. The third-order valence-electron chi connectivity index (χ3n) is 3.49. The van der Waals surface area contributed by atoms with Crippen LogP contribution in [0.25, 0.3) is 0 Å². The molecule has 27 heavy (non-hydrogen) atoms. The third-order valence-corrected chi connectivity index (χ3v) is 3.49. The van der Waals surface area contributed by atoms with Crippen LogP contribution in [-0.4, -0.2) is 60.5 Å². The largest absolute Gasteiger partial charge is 0.480 e. The van der Waals surface area contributed by atoms with Gasteiger partial charge in [0, 0.05) is 19.3 Å². The average molecular weight is 379 g/mol. The number of hydrogen-bond donors (Lipinski definition) is 3. The maximum atomic E-state index is 12.0. The number of aromatic nitrogens is 4. The summed E-state index contributed by atoms with van der Waals surface area (Å²) in [6, 6.07) is -0.899. The monoisotopic (exact) mass is 379 g/mol. The fourth-order valence-electron chi connectivity index (χ4n) is 2.00. The molecule has 0 fully saturated rings. The van der Waals surface area contributed by atoms with Gasteiger partial charge in [-0.3, -0.25) is 29.1 Å². The first-order valence-corrected chi connectivity index (χ1v) is 7.76. The van der Waals surface area contributed by atoms with Gasteiger partial charge in [-0.25, -0.2) is 4.79 Å². The van der Waals surface area contributed by atoms with Crippen molar-refractivity contribution in [2.24, 2.45) is 0 Å². The first-order valence-electron chi connectivity index (χ1n) is 7.76. The van der Waals surface area contributed by atoms with Crippen LogP contribution in [0.5, 0.6) is 0 Å². The summed E-state index contributed by atoms with van der Waals surface area (Å²) in [5.41, 5.74) is -0.0221. The fourth-order valence-corrected chi connectivity index (χ4v) is 2.00. The Bertz CT molecular complexity index is 858. The van der Waals surface area contributed by atoms with Gasteiger partial charge in [-0.15, -0.1) is 0 Å². The molecule has 1 unspecified atom stereocenters. The summed E-state index contributed by atoms with van der Waals surface area (Å²) in [6.45, 7) is 1.50. The van der Waals surface area contributed by atoms with E-state index >= 15 is 0 Å². The lowest BCUT2D eigenvalue weighted by Crippen LogP contribution is -2.36. The van der Waals surface area contributed by atoms with E-state index in [1.807, 2.05) is 0 Å². The van der Waals surface area contributed by atoms with Gasteiger partial charge in [0.25, 0.3) is 5.91 Å². The number of aliphatic carboxylic acids is 1. The molecular weight excluding hydrogens is 362 g/mol. The van der Waals surface area contributed by atoms with Crippen LogP contribution in [0.3, 0.4) is 0 Å². The van der Waals surface area contributed by atoms with Gasteiger partial charge in [0.1, 0.15) is 25.0 Å². The van der Waals surface area contributed by atoms with Gasteiger partial charge in [0.2, 0.25) is 5.91 Å². The van der Waals surface area contributed by atoms with E-state index in [-0.39, 0.29) is 30.9 Å². The topological polar surface area (TPSA) is 174 Å². The van der Waals surface area contributed by atoms with Gasteiger partial charge >= 0.3 is 11.7 Å². The first kappa shape index (κ1) is 19.6. The summed E-state index contributed by atoms with van der Waals surface area (Å²) in [6.07, 6.45) is 4.74. The molecular formula is C14H17N7O6. The molecule has 13 heteroatoms. The number of carbonyl (C=O) groups is 3. The van der Waals surface area contributed by atoms with Gasteiger partial charge in [0.05, 0.1) is 16.7 Å². The van der Waals surface area contributed by atoms with Crippen molar-refractivity contribution in [2.45, 2.75) is 19.5 Å². The number of nitrogens with one attached hydrogen (secondary N) is 2. The summed E-state index contributed by atoms with van der Waals surface area (Å²) < 4.78 is 2.28. The zero-order valence-electron chi connectivity index (χ0n) is 14.2. The van der Waals surface area contributed by atoms with Gasteiger partial charge < -0.3 is 15.7 Å². The molecule has 0 spiro atoms. The van der Waals surface area contributed by atoms with Crippen LogP contribution in [0.4, 0.5) is 5.69 Å². The normalized spacial score (nSPS) is 11.6. The van der Waals surface area contributed by atoms with E-state index in [4.69, 9.17) is 5.11 Å². The summed E-state index contributed by atoms with van der Waals surface area (Å²) in [5.74, 6) is -1.96. The first-order chi connectivity index (χ1) is 12.8. The quantitative estimate of drug-likeness (QED) is 0.288. The van der Waals surface area contributed by atoms with Crippen LogP contribution >= 0.6 is 0 Å². The summed E-state index contributed by atoms with van der Waals surface area (Å²) in [4.78, 5) is 44.5. The highest BCUT2D eigenvalue weighted by Gasteiger charge is 2.16. The van der Waals surface area contributed by atoms with Crippen molar-refractivity contribution < 1.29 is 24.4 Å². The molecule has 0 bridgehead atoms. The Labute approximate surface area is 152 Å². The minimum absolute atomic E-state index is 0.128. The molecule has 0 saturated heterocycles. The number of amides is 2. The standard InChI is InChI=1S/C14H17N7O6/c1-9(14(24)25)20-6-10(4-18-20)13(23)16-3-2-15-12(22)8-19-7-11(5-17-19)21(26)27/h4-7,9H,2-3,8H2,1H3,(H,15,22)(H,16,23)(H,24,25). The smallest absolute Gasteiger partial charge is 0.328 e. The highest BCUT2D eigenvalue weighted by molar-refractivity contribution is 5.93. The van der Waals surface area contributed by atoms with Crippen LogP contribution in [0.1, 0.15) is 23.3 Å². The molecule has 2 amide bonds. The third kappa shape index (κ3) is 5.35. The highest BCUT2D eigenvalue weighted by atomic mass is 16.6. The van der Waals surface area contributed by atoms with Crippen molar-refractivity contribution in [3.8, 4) is 0 Å². The lowest BCUT2D eigenvalue weighted by molar-refractivity contribution is -0.385. The predicted molar refractivity (Wildman–Crippen MR) is 88.8 cm³/mol. The Morgan fingerprint density at radius 2 is 1.93 bits per heavy atom. The number of nitro groups is 1. The zero-order valence-corrected chi connectivity index (χ0v) is 14.2. The van der Waals surface area contributed by atoms with Crippen LogP contribution < -0.4 is 10.6 Å². The van der Waals surface area contributed by atoms with E-state index in [2.05, 4.69) is 20.8 Å². The number of hydrogen-bond acceptors (Lipinski definition) is 7. The summed E-state index contributed by atoms with van der Waals surface area (Å²) in [5, 5.41) is 32.0. The molecule has 0 aromatic carbocycles. The Kier molecular flexibility index (Phi) is 6.19. The second-order valence-corrected chi connectivity index (χ2v) is 5.48. The molecule has 3 N–H and O–H groups in total. The molecule has 0 aliphatic heterocycles. The Morgan fingerprint density at radius 3 is 2.56 bits per heavy atom. The van der Waals surface area contributed by atoms with Crippen molar-refractivity contribution in [1.82, 2.24) is 30.2 Å². The predicted octanol–water partition coefficient (Wildman–Crippen LogP) is -0.820. The minimum atomic E-state index is -1.07. The lowest BCUT2D eigenvalue weighted by atomic mass is 10.3. The fraction of sp³-hybridized carbons (Fsp3) is 0.357. The highest BCUT2D eigenvalue weighted by Crippen LogP contribution is 2.07. The van der Waals surface area contributed by atoms with Gasteiger partial charge in [0.15, 0.2) is 0 Å². The van der Waals surface area contributed by atoms with Crippen LogP contribution in [0, 0.1) is 10.1 Å². The minimum Gasteiger partial charge on any atom is -0.480 e. The van der Waals surface area contributed by atoms with E-state index < -0.39 is 28.7 Å². The van der Waals surface area contributed by atoms with Crippen LogP contribution in [0.15, 0.2) is 24.8 Å². The lowest BCUT2D eigenvalue weighted by Gasteiger charge is -2.07. The number of carboxylic acid groups (broad SMARTS) is 1. The average Bonchev–Trinajstić information content (AvgIpc) is 3.27. The van der Waals surface area contributed by atoms with E-state index in [9.17, 15) is 24.5 Å². The van der Waals surface area contributed by atoms with Gasteiger partial charge in [-0.2, -0.15) is 10.2 Å².